The number of guanidine groups is 1. The third-order valence-electron chi connectivity index (χ3n) is 3.88. The van der Waals surface area contributed by atoms with Gasteiger partial charge in [0.15, 0.2) is 5.96 Å². The second-order valence-corrected chi connectivity index (χ2v) is 9.01. The number of sulfonamides is 1. The number of nitrogens with two attached hydrogens (primary N) is 2. The lowest BCUT2D eigenvalue weighted by atomic mass is 10.2. The zero-order valence-corrected chi connectivity index (χ0v) is 17.4. The average molecular weight is 424 g/mol. The van der Waals surface area contributed by atoms with Crippen molar-refractivity contribution in [3.8, 4) is 0 Å². The number of amides is 1. The molecule has 0 aliphatic carbocycles. The summed E-state index contributed by atoms with van der Waals surface area (Å²) in [6.07, 6.45) is 1.41. The number of anilines is 1. The van der Waals surface area contributed by atoms with E-state index in [0.717, 1.165) is 12.0 Å². The highest BCUT2D eigenvalue weighted by Gasteiger charge is 2.21. The number of hydrogen-bond acceptors (Lipinski definition) is 5. The highest BCUT2D eigenvalue weighted by Crippen LogP contribution is 2.25. The molecule has 8 nitrogen and oxygen atoms in total. The van der Waals surface area contributed by atoms with Crippen molar-refractivity contribution >= 4 is 38.9 Å². The number of carbonyl (C=O) groups is 1. The van der Waals surface area contributed by atoms with E-state index in [2.05, 4.69) is 15.0 Å². The van der Waals surface area contributed by atoms with Gasteiger partial charge in [0.1, 0.15) is 4.88 Å². The Morgan fingerprint density at radius 2 is 2.04 bits per heavy atom. The van der Waals surface area contributed by atoms with Crippen LogP contribution < -0.4 is 21.5 Å². The van der Waals surface area contributed by atoms with Crippen LogP contribution in [-0.2, 0) is 10.0 Å². The summed E-state index contributed by atoms with van der Waals surface area (Å²) in [4.78, 5) is 16.9. The fourth-order valence-corrected chi connectivity index (χ4v) is 4.51. The molecule has 0 aliphatic heterocycles. The number of thiophene rings is 1. The van der Waals surface area contributed by atoms with E-state index in [-0.39, 0.29) is 28.5 Å². The molecule has 1 heterocycles. The second-order valence-electron chi connectivity index (χ2n) is 6.41. The Morgan fingerprint density at radius 1 is 1.29 bits per heavy atom. The van der Waals surface area contributed by atoms with E-state index in [1.807, 2.05) is 19.9 Å². The molecule has 0 saturated carbocycles. The molecule has 0 bridgehead atoms. The van der Waals surface area contributed by atoms with Crippen LogP contribution >= 0.6 is 11.3 Å². The largest absolute Gasteiger partial charge is 0.370 e. The topological polar surface area (TPSA) is 140 Å². The van der Waals surface area contributed by atoms with Crippen molar-refractivity contribution in [2.24, 2.45) is 16.5 Å². The number of nitrogens with zero attached hydrogens (tertiary/aromatic N) is 1. The summed E-state index contributed by atoms with van der Waals surface area (Å²) in [5.74, 6) is -0.285. The minimum Gasteiger partial charge on any atom is -0.370 e. The van der Waals surface area contributed by atoms with Gasteiger partial charge in [-0.15, -0.1) is 11.3 Å². The average Bonchev–Trinajstić information content (AvgIpc) is 3.06. The summed E-state index contributed by atoms with van der Waals surface area (Å²) in [6.45, 7) is 4.18. The first-order valence-electron chi connectivity index (χ1n) is 8.72. The molecule has 1 unspecified atom stereocenters. The van der Waals surface area contributed by atoms with E-state index in [4.69, 9.17) is 11.5 Å². The maximum Gasteiger partial charge on any atom is 0.263 e. The van der Waals surface area contributed by atoms with E-state index in [1.165, 1.54) is 17.4 Å². The van der Waals surface area contributed by atoms with Crippen LogP contribution in [0.1, 0.15) is 35.0 Å². The van der Waals surface area contributed by atoms with E-state index in [1.54, 1.807) is 23.6 Å². The van der Waals surface area contributed by atoms with Gasteiger partial charge >= 0.3 is 0 Å². The van der Waals surface area contributed by atoms with Gasteiger partial charge < -0.3 is 16.8 Å². The zero-order chi connectivity index (χ0) is 20.7. The molecule has 2 rings (SSSR count). The van der Waals surface area contributed by atoms with Gasteiger partial charge in [0.25, 0.3) is 15.9 Å². The molecule has 0 spiro atoms. The number of benzene rings is 1. The molecule has 2 aromatic rings. The Bertz CT molecular complexity index is 950. The highest BCUT2D eigenvalue weighted by molar-refractivity contribution is 7.92. The van der Waals surface area contributed by atoms with Gasteiger partial charge in [0.05, 0.1) is 10.6 Å². The highest BCUT2D eigenvalue weighted by atomic mass is 32.2. The third-order valence-corrected chi connectivity index (χ3v) is 6.16. The van der Waals surface area contributed by atoms with Gasteiger partial charge in [-0.2, -0.15) is 0 Å². The number of rotatable bonds is 9. The van der Waals surface area contributed by atoms with E-state index >= 15 is 0 Å². The Balaban J connectivity index is 2.02. The van der Waals surface area contributed by atoms with Crippen molar-refractivity contribution in [1.82, 2.24) is 5.32 Å². The molecule has 1 aromatic carbocycles. The summed E-state index contributed by atoms with van der Waals surface area (Å²) in [6, 6.07) is 8.06. The lowest BCUT2D eigenvalue weighted by Gasteiger charge is -2.14. The van der Waals surface area contributed by atoms with Crippen molar-refractivity contribution < 1.29 is 13.2 Å². The molecular weight excluding hydrogens is 398 g/mol. The molecule has 1 aromatic heterocycles. The van der Waals surface area contributed by atoms with Crippen LogP contribution in [0.25, 0.3) is 0 Å². The van der Waals surface area contributed by atoms with Gasteiger partial charge in [0, 0.05) is 12.6 Å². The van der Waals surface area contributed by atoms with Crippen molar-refractivity contribution in [1.29, 1.82) is 0 Å². The van der Waals surface area contributed by atoms with E-state index in [9.17, 15) is 13.2 Å². The quantitative estimate of drug-likeness (QED) is 0.277. The molecule has 152 valence electrons. The lowest BCUT2D eigenvalue weighted by Crippen LogP contribution is -2.32. The normalized spacial score (nSPS) is 12.2. The van der Waals surface area contributed by atoms with Crippen LogP contribution in [-0.4, -0.2) is 32.9 Å². The number of aryl methyl sites for hydroxylation is 1. The van der Waals surface area contributed by atoms with Gasteiger partial charge in [-0.1, -0.05) is 12.1 Å². The maximum atomic E-state index is 12.6. The Labute approximate surface area is 169 Å². The van der Waals surface area contributed by atoms with Crippen molar-refractivity contribution in [3.05, 3.63) is 46.2 Å². The van der Waals surface area contributed by atoms with Crippen LogP contribution in [0.15, 0.2) is 45.6 Å². The summed E-state index contributed by atoms with van der Waals surface area (Å²) < 4.78 is 27.7. The minimum absolute atomic E-state index is 0.0424. The van der Waals surface area contributed by atoms with Crippen molar-refractivity contribution in [2.45, 2.75) is 37.6 Å². The number of carbonyl (C=O) groups excluding carboxylic acids is 1. The molecule has 0 aliphatic rings. The molecule has 0 saturated heterocycles. The van der Waals surface area contributed by atoms with Crippen LogP contribution in [0.2, 0.25) is 0 Å². The van der Waals surface area contributed by atoms with Crippen LogP contribution in [0.4, 0.5) is 5.69 Å². The van der Waals surface area contributed by atoms with Crippen molar-refractivity contribution in [2.75, 3.05) is 11.3 Å². The Kier molecular flexibility index (Phi) is 7.41. The maximum absolute atomic E-state index is 12.6. The number of nitrogens with one attached hydrogen (secondary N) is 2. The second kappa shape index (κ2) is 9.56. The van der Waals surface area contributed by atoms with Crippen LogP contribution in [0, 0.1) is 6.92 Å². The SMILES string of the molecule is Cc1cccc(S(=O)(=O)Nc2ccsc2C(=O)NC(C)CCCN=C(N)N)c1. The fourth-order valence-electron chi connectivity index (χ4n) is 2.52. The predicted octanol–water partition coefficient (Wildman–Crippen LogP) is 2.03. The number of aliphatic imine (C=N–C) groups is 1. The number of hydrogen-bond donors (Lipinski definition) is 4. The Morgan fingerprint density at radius 3 is 2.71 bits per heavy atom. The monoisotopic (exact) mass is 423 g/mol. The molecule has 0 radical (unpaired) electrons. The first-order chi connectivity index (χ1) is 13.2. The first-order valence-corrected chi connectivity index (χ1v) is 11.1. The molecule has 28 heavy (non-hydrogen) atoms. The Hall–Kier alpha value is -2.59. The fraction of sp³-hybridized carbons (Fsp3) is 0.333. The zero-order valence-electron chi connectivity index (χ0n) is 15.8. The standard InChI is InChI=1S/C18H25N5O3S2/c1-12-5-3-7-14(11-12)28(25,26)23-15-8-10-27-16(15)17(24)22-13(2)6-4-9-21-18(19)20/h3,5,7-8,10-11,13,23H,4,6,9H2,1-2H3,(H,22,24)(H4,19,20,21). The summed E-state index contributed by atoms with van der Waals surface area (Å²) >= 11 is 1.18. The molecule has 1 amide bonds. The smallest absolute Gasteiger partial charge is 0.263 e. The summed E-state index contributed by atoms with van der Waals surface area (Å²) in [5, 5.41) is 4.54. The van der Waals surface area contributed by atoms with Gasteiger partial charge in [-0.05, 0) is 55.8 Å². The lowest BCUT2D eigenvalue weighted by molar-refractivity contribution is 0.0943. The summed E-state index contributed by atoms with van der Waals surface area (Å²) in [7, 11) is -3.78. The van der Waals surface area contributed by atoms with Crippen molar-refractivity contribution in [3.63, 3.8) is 0 Å². The van der Waals surface area contributed by atoms with E-state index in [0.29, 0.717) is 17.8 Å². The molecule has 1 atom stereocenters. The van der Waals surface area contributed by atoms with Gasteiger partial charge in [-0.3, -0.25) is 14.5 Å². The van der Waals surface area contributed by atoms with Crippen LogP contribution in [0.5, 0.6) is 0 Å². The predicted molar refractivity (Wildman–Crippen MR) is 113 cm³/mol. The first kappa shape index (κ1) is 21.7. The summed E-state index contributed by atoms with van der Waals surface area (Å²) in [5.41, 5.74) is 11.6. The third kappa shape index (κ3) is 6.24. The van der Waals surface area contributed by atoms with Crippen LogP contribution in [0.3, 0.4) is 0 Å². The van der Waals surface area contributed by atoms with Gasteiger partial charge in [-0.25, -0.2) is 8.42 Å². The van der Waals surface area contributed by atoms with E-state index < -0.39 is 10.0 Å². The molecule has 6 N–H and O–H groups in total. The minimum atomic E-state index is -3.78. The molecular formula is C18H25N5O3S2. The molecule has 0 fully saturated rings. The van der Waals surface area contributed by atoms with Gasteiger partial charge in [0.2, 0.25) is 0 Å². The molecule has 10 heteroatoms.